The van der Waals surface area contributed by atoms with Crippen LogP contribution < -0.4 is 5.32 Å². The lowest BCUT2D eigenvalue weighted by atomic mass is 9.97. The Balaban J connectivity index is 1.97. The highest BCUT2D eigenvalue weighted by atomic mass is 19.3. The Morgan fingerprint density at radius 2 is 2.05 bits per heavy atom. The van der Waals surface area contributed by atoms with E-state index in [0.717, 1.165) is 11.3 Å². The van der Waals surface area contributed by atoms with Crippen LogP contribution in [0, 0.1) is 6.92 Å². The maximum absolute atomic E-state index is 13.2. The molecule has 0 amide bonds. The summed E-state index contributed by atoms with van der Waals surface area (Å²) in [4.78, 5) is 0. The van der Waals surface area contributed by atoms with Crippen LogP contribution in [0.1, 0.15) is 29.8 Å². The molecule has 1 aliphatic rings. The van der Waals surface area contributed by atoms with E-state index < -0.39 is 12.5 Å². The number of hydrogen-bond acceptors (Lipinski definition) is 2. The quantitative estimate of drug-likeness (QED) is 0.898. The molecule has 0 saturated heterocycles. The van der Waals surface area contributed by atoms with Gasteiger partial charge in [-0.2, -0.15) is 5.10 Å². The Hall–Kier alpha value is -1.91. The second-order valence-corrected chi connectivity index (χ2v) is 4.86. The fourth-order valence-electron chi connectivity index (χ4n) is 2.57. The molecule has 0 aliphatic carbocycles. The lowest BCUT2D eigenvalue weighted by molar-refractivity contribution is 0.0657. The van der Waals surface area contributed by atoms with Crippen molar-refractivity contribution in [3.63, 3.8) is 0 Å². The van der Waals surface area contributed by atoms with E-state index in [2.05, 4.69) is 10.4 Å². The molecule has 0 spiro atoms. The number of benzene rings is 1. The average molecular weight is 263 g/mol. The van der Waals surface area contributed by atoms with E-state index in [1.165, 1.54) is 4.68 Å². The largest absolute Gasteiger partial charge is 0.363 e. The maximum Gasteiger partial charge on any atom is 0.260 e. The lowest BCUT2D eigenvalue weighted by Gasteiger charge is -2.32. The second-order valence-electron chi connectivity index (χ2n) is 4.86. The summed E-state index contributed by atoms with van der Waals surface area (Å²) in [5.74, 6) is 0.669. The molecule has 2 aromatic rings. The minimum Gasteiger partial charge on any atom is -0.363 e. The van der Waals surface area contributed by atoms with E-state index in [1.807, 2.05) is 43.3 Å². The third-order valence-corrected chi connectivity index (χ3v) is 3.46. The number of rotatable bonds is 2. The first kappa shape index (κ1) is 12.1. The standard InChI is InChI=1S/C14H15F2N3/c1-9-7-13-17-11(10-5-3-2-4-6-10)8-12(14(15)16)19(13)18-9/h2-7,11-12,14,17H,8H2,1H3/t11-,12-/m0/s1. The van der Waals surface area contributed by atoms with Crippen LogP contribution in [0.3, 0.4) is 0 Å². The molecule has 0 saturated carbocycles. The second kappa shape index (κ2) is 4.64. The summed E-state index contributed by atoms with van der Waals surface area (Å²) in [7, 11) is 0. The van der Waals surface area contributed by atoms with Crippen LogP contribution in [-0.2, 0) is 0 Å². The Labute approximate surface area is 110 Å². The topological polar surface area (TPSA) is 29.9 Å². The smallest absolute Gasteiger partial charge is 0.260 e. The van der Waals surface area contributed by atoms with Gasteiger partial charge >= 0.3 is 0 Å². The van der Waals surface area contributed by atoms with Crippen LogP contribution in [0.4, 0.5) is 14.6 Å². The van der Waals surface area contributed by atoms with Crippen LogP contribution in [-0.4, -0.2) is 16.2 Å². The number of aromatic nitrogens is 2. The van der Waals surface area contributed by atoms with E-state index in [4.69, 9.17) is 0 Å². The van der Waals surface area contributed by atoms with Crippen molar-refractivity contribution in [2.24, 2.45) is 0 Å². The van der Waals surface area contributed by atoms with Gasteiger partial charge in [-0.15, -0.1) is 0 Å². The number of nitrogens with one attached hydrogen (secondary N) is 1. The zero-order chi connectivity index (χ0) is 13.4. The van der Waals surface area contributed by atoms with E-state index in [0.29, 0.717) is 12.2 Å². The van der Waals surface area contributed by atoms with Crippen LogP contribution in [0.5, 0.6) is 0 Å². The third kappa shape index (κ3) is 2.20. The van der Waals surface area contributed by atoms with Crippen molar-refractivity contribution in [2.45, 2.75) is 31.9 Å². The number of aryl methyl sites for hydroxylation is 1. The average Bonchev–Trinajstić information content (AvgIpc) is 2.78. The van der Waals surface area contributed by atoms with Crippen molar-refractivity contribution in [3.05, 3.63) is 47.7 Å². The molecular weight excluding hydrogens is 248 g/mol. The molecule has 1 aliphatic heterocycles. The monoisotopic (exact) mass is 263 g/mol. The van der Waals surface area contributed by atoms with E-state index in [9.17, 15) is 8.78 Å². The highest BCUT2D eigenvalue weighted by molar-refractivity contribution is 5.43. The normalized spacial score (nSPS) is 22.1. The highest BCUT2D eigenvalue weighted by Gasteiger charge is 2.33. The van der Waals surface area contributed by atoms with Crippen molar-refractivity contribution >= 4 is 5.82 Å². The van der Waals surface area contributed by atoms with Crippen molar-refractivity contribution in [1.29, 1.82) is 0 Å². The maximum atomic E-state index is 13.2. The number of halogens is 2. The van der Waals surface area contributed by atoms with Gasteiger partial charge in [-0.05, 0) is 18.9 Å². The van der Waals surface area contributed by atoms with Gasteiger partial charge in [0.2, 0.25) is 0 Å². The van der Waals surface area contributed by atoms with E-state index >= 15 is 0 Å². The molecule has 1 aromatic heterocycles. The SMILES string of the molecule is Cc1cc2n(n1)[C@H](C(F)F)C[C@@H](c1ccccc1)N2. The Bertz CT molecular complexity index is 565. The van der Waals surface area contributed by atoms with Crippen LogP contribution >= 0.6 is 0 Å². The van der Waals surface area contributed by atoms with Crippen molar-refractivity contribution in [1.82, 2.24) is 9.78 Å². The Morgan fingerprint density at radius 1 is 1.32 bits per heavy atom. The zero-order valence-electron chi connectivity index (χ0n) is 10.6. The minimum atomic E-state index is -2.41. The molecule has 19 heavy (non-hydrogen) atoms. The summed E-state index contributed by atoms with van der Waals surface area (Å²) >= 11 is 0. The number of hydrogen-bond donors (Lipinski definition) is 1. The number of anilines is 1. The van der Waals surface area contributed by atoms with Crippen molar-refractivity contribution in [3.8, 4) is 0 Å². The molecule has 0 fully saturated rings. The molecule has 1 aromatic carbocycles. The van der Waals surface area contributed by atoms with Crippen LogP contribution in [0.25, 0.3) is 0 Å². The summed E-state index contributed by atoms with van der Waals surface area (Å²) in [5.41, 5.74) is 1.78. The third-order valence-electron chi connectivity index (χ3n) is 3.46. The molecule has 2 atom stereocenters. The molecule has 3 nitrogen and oxygen atoms in total. The number of alkyl halides is 2. The van der Waals surface area contributed by atoms with Gasteiger partial charge in [-0.1, -0.05) is 30.3 Å². The molecule has 0 radical (unpaired) electrons. The van der Waals surface area contributed by atoms with Gasteiger partial charge in [0.25, 0.3) is 6.43 Å². The lowest BCUT2D eigenvalue weighted by Crippen LogP contribution is -2.30. The Morgan fingerprint density at radius 3 is 2.74 bits per heavy atom. The first-order valence-corrected chi connectivity index (χ1v) is 6.31. The van der Waals surface area contributed by atoms with Gasteiger partial charge in [0.15, 0.2) is 0 Å². The van der Waals surface area contributed by atoms with Gasteiger partial charge in [0.1, 0.15) is 11.9 Å². The summed E-state index contributed by atoms with van der Waals surface area (Å²) in [5, 5.41) is 7.44. The summed E-state index contributed by atoms with van der Waals surface area (Å²) in [6, 6.07) is 10.5. The molecule has 3 rings (SSSR count). The minimum absolute atomic E-state index is 0.0937. The van der Waals surface area contributed by atoms with Gasteiger partial charge in [-0.3, -0.25) is 0 Å². The highest BCUT2D eigenvalue weighted by Crippen LogP contribution is 2.37. The van der Waals surface area contributed by atoms with Gasteiger partial charge in [0, 0.05) is 6.07 Å². The number of nitrogens with zero attached hydrogens (tertiary/aromatic N) is 2. The van der Waals surface area contributed by atoms with Crippen LogP contribution in [0.15, 0.2) is 36.4 Å². The van der Waals surface area contributed by atoms with E-state index in [-0.39, 0.29) is 6.04 Å². The molecule has 100 valence electrons. The van der Waals surface area contributed by atoms with Crippen LogP contribution in [0.2, 0.25) is 0 Å². The molecular formula is C14H15F2N3. The molecule has 2 heterocycles. The van der Waals surface area contributed by atoms with Gasteiger partial charge < -0.3 is 5.32 Å². The van der Waals surface area contributed by atoms with Gasteiger partial charge in [-0.25, -0.2) is 13.5 Å². The predicted octanol–water partition coefficient (Wildman–Crippen LogP) is 3.55. The summed E-state index contributed by atoms with van der Waals surface area (Å²) in [6.45, 7) is 1.81. The zero-order valence-corrected chi connectivity index (χ0v) is 10.6. The molecule has 5 heteroatoms. The first-order chi connectivity index (χ1) is 9.15. The molecule has 0 unspecified atom stereocenters. The predicted molar refractivity (Wildman–Crippen MR) is 69.4 cm³/mol. The Kier molecular flexibility index (Phi) is 2.97. The fourth-order valence-corrected chi connectivity index (χ4v) is 2.57. The summed E-state index contributed by atoms with van der Waals surface area (Å²) < 4.78 is 27.8. The van der Waals surface area contributed by atoms with Gasteiger partial charge in [0.05, 0.1) is 11.7 Å². The molecule has 1 N–H and O–H groups in total. The van der Waals surface area contributed by atoms with Crippen molar-refractivity contribution < 1.29 is 8.78 Å². The van der Waals surface area contributed by atoms with E-state index in [1.54, 1.807) is 0 Å². The first-order valence-electron chi connectivity index (χ1n) is 6.31. The fraction of sp³-hybridized carbons (Fsp3) is 0.357. The summed E-state index contributed by atoms with van der Waals surface area (Å²) in [6.07, 6.45) is -2.07. The molecule has 0 bridgehead atoms. The number of fused-ring (bicyclic) bond motifs is 1. The van der Waals surface area contributed by atoms with Crippen molar-refractivity contribution in [2.75, 3.05) is 5.32 Å².